The molecule has 1 aromatic rings. The van der Waals surface area contributed by atoms with Gasteiger partial charge in [-0.25, -0.2) is 9.78 Å². The first-order valence-corrected chi connectivity index (χ1v) is 7.11. The van der Waals surface area contributed by atoms with Crippen LogP contribution in [0.1, 0.15) is 34.1 Å². The molecule has 124 valence electrons. The van der Waals surface area contributed by atoms with Gasteiger partial charge in [-0.3, -0.25) is 4.79 Å². The molecule has 0 saturated carbocycles. The highest BCUT2D eigenvalue weighted by Crippen LogP contribution is 2.17. The van der Waals surface area contributed by atoms with Crippen molar-refractivity contribution in [2.45, 2.75) is 45.7 Å². The number of nitrogens with one attached hydrogen (secondary N) is 2. The Labute approximate surface area is 129 Å². The maximum atomic E-state index is 12.2. The summed E-state index contributed by atoms with van der Waals surface area (Å²) in [6.45, 7) is 7.39. The Balaban J connectivity index is 2.79. The van der Waals surface area contributed by atoms with Gasteiger partial charge in [0.25, 0.3) is 0 Å². The molecule has 0 bridgehead atoms. The van der Waals surface area contributed by atoms with E-state index in [1.165, 1.54) is 6.33 Å². The lowest BCUT2D eigenvalue weighted by Gasteiger charge is -2.23. The van der Waals surface area contributed by atoms with Gasteiger partial charge in [-0.15, -0.1) is 0 Å². The summed E-state index contributed by atoms with van der Waals surface area (Å²) in [7, 11) is 0. The summed E-state index contributed by atoms with van der Waals surface area (Å²) in [6.07, 6.45) is 2.25. The number of anilines is 1. The molecule has 0 saturated heterocycles. The summed E-state index contributed by atoms with van der Waals surface area (Å²) in [5, 5.41) is 22.9. The average molecular weight is 312 g/mol. The van der Waals surface area contributed by atoms with Crippen molar-refractivity contribution in [3.63, 3.8) is 0 Å². The summed E-state index contributed by atoms with van der Waals surface area (Å²) in [5.74, 6) is 0.0177. The van der Waals surface area contributed by atoms with E-state index >= 15 is 0 Å². The molecule has 0 aliphatic heterocycles. The van der Waals surface area contributed by atoms with Gasteiger partial charge < -0.3 is 25.4 Å². The molecule has 4 N–H and O–H groups in total. The standard InChI is InChI=1S/C14H24N4O4/c1-9(2)5-10(16-13(21)22)12(20)17-11-6-18(8-15-11)14(3,4)7-19/h6,8-10,16,19H,5,7H2,1-4H3,(H,17,20)(H,21,22). The third-order valence-electron chi connectivity index (χ3n) is 3.24. The highest BCUT2D eigenvalue weighted by atomic mass is 16.4. The average Bonchev–Trinajstić information content (AvgIpc) is 2.86. The molecule has 0 aliphatic rings. The van der Waals surface area contributed by atoms with Gasteiger partial charge in [-0.1, -0.05) is 13.8 Å². The van der Waals surface area contributed by atoms with E-state index in [-0.39, 0.29) is 12.5 Å². The second-order valence-electron chi connectivity index (χ2n) is 6.26. The number of rotatable bonds is 7. The lowest BCUT2D eigenvalue weighted by Crippen LogP contribution is -2.44. The van der Waals surface area contributed by atoms with Gasteiger partial charge in [0.05, 0.1) is 18.5 Å². The summed E-state index contributed by atoms with van der Waals surface area (Å²) in [5.41, 5.74) is -0.535. The molecule has 1 unspecified atom stereocenters. The van der Waals surface area contributed by atoms with Gasteiger partial charge in [0.15, 0.2) is 5.82 Å². The van der Waals surface area contributed by atoms with Crippen LogP contribution < -0.4 is 10.6 Å². The predicted molar refractivity (Wildman–Crippen MR) is 81.7 cm³/mol. The summed E-state index contributed by atoms with van der Waals surface area (Å²) in [4.78, 5) is 27.0. The van der Waals surface area contributed by atoms with Crippen molar-refractivity contribution in [1.29, 1.82) is 0 Å². The molecule has 1 heterocycles. The number of carboxylic acid groups (broad SMARTS) is 1. The van der Waals surface area contributed by atoms with E-state index in [0.717, 1.165) is 0 Å². The maximum absolute atomic E-state index is 12.2. The van der Waals surface area contributed by atoms with Crippen molar-refractivity contribution < 1.29 is 19.8 Å². The lowest BCUT2D eigenvalue weighted by atomic mass is 10.0. The van der Waals surface area contributed by atoms with Gasteiger partial charge in [-0.2, -0.15) is 0 Å². The first kappa shape index (κ1) is 18.0. The van der Waals surface area contributed by atoms with Crippen LogP contribution >= 0.6 is 0 Å². The zero-order valence-electron chi connectivity index (χ0n) is 13.3. The third kappa shape index (κ3) is 5.03. The molecule has 0 fully saturated rings. The van der Waals surface area contributed by atoms with Crippen molar-refractivity contribution in [2.24, 2.45) is 5.92 Å². The predicted octanol–water partition coefficient (Wildman–Crippen LogP) is 1.23. The van der Waals surface area contributed by atoms with Crippen molar-refractivity contribution in [3.05, 3.63) is 12.5 Å². The van der Waals surface area contributed by atoms with Gasteiger partial charge in [-0.05, 0) is 26.2 Å². The number of carbonyl (C=O) groups excluding carboxylic acids is 1. The molecule has 0 aliphatic carbocycles. The zero-order chi connectivity index (χ0) is 16.9. The molecular formula is C14H24N4O4. The van der Waals surface area contributed by atoms with Crippen LogP contribution in [0.25, 0.3) is 0 Å². The molecule has 0 radical (unpaired) electrons. The van der Waals surface area contributed by atoms with E-state index in [1.807, 2.05) is 27.7 Å². The highest BCUT2D eigenvalue weighted by Gasteiger charge is 2.24. The Bertz CT molecular complexity index is 525. The molecule has 0 aromatic carbocycles. The van der Waals surface area contributed by atoms with E-state index in [0.29, 0.717) is 12.2 Å². The van der Waals surface area contributed by atoms with Crippen LogP contribution in [0.5, 0.6) is 0 Å². The van der Waals surface area contributed by atoms with E-state index in [9.17, 15) is 14.7 Å². The Kier molecular flexibility index (Phi) is 5.92. The van der Waals surface area contributed by atoms with E-state index < -0.39 is 23.6 Å². The lowest BCUT2D eigenvalue weighted by molar-refractivity contribution is -0.118. The van der Waals surface area contributed by atoms with Crippen LogP contribution in [0.4, 0.5) is 10.6 Å². The van der Waals surface area contributed by atoms with Gasteiger partial charge >= 0.3 is 6.09 Å². The minimum atomic E-state index is -1.24. The Morgan fingerprint density at radius 3 is 2.55 bits per heavy atom. The fourth-order valence-electron chi connectivity index (χ4n) is 1.87. The first-order valence-electron chi connectivity index (χ1n) is 7.11. The number of aliphatic hydroxyl groups excluding tert-OH is 1. The summed E-state index contributed by atoms with van der Waals surface area (Å²) >= 11 is 0. The molecule has 0 spiro atoms. The second kappa shape index (κ2) is 7.26. The first-order chi connectivity index (χ1) is 10.2. The minimum Gasteiger partial charge on any atom is -0.465 e. The van der Waals surface area contributed by atoms with Crippen LogP contribution in [0.15, 0.2) is 12.5 Å². The number of imidazole rings is 1. The molecule has 1 rings (SSSR count). The quantitative estimate of drug-likeness (QED) is 0.604. The highest BCUT2D eigenvalue weighted by molar-refractivity contribution is 5.95. The van der Waals surface area contributed by atoms with Crippen LogP contribution in [0.2, 0.25) is 0 Å². The molecule has 22 heavy (non-hydrogen) atoms. The largest absolute Gasteiger partial charge is 0.465 e. The molecular weight excluding hydrogens is 288 g/mol. The van der Waals surface area contributed by atoms with Gasteiger partial charge in [0.2, 0.25) is 5.91 Å². The summed E-state index contributed by atoms with van der Waals surface area (Å²) < 4.78 is 1.69. The summed E-state index contributed by atoms with van der Waals surface area (Å²) in [6, 6.07) is -0.839. The molecule has 8 nitrogen and oxygen atoms in total. The second-order valence-corrected chi connectivity index (χ2v) is 6.26. The normalized spacial score (nSPS) is 13.0. The number of nitrogens with zero attached hydrogens (tertiary/aromatic N) is 2. The SMILES string of the molecule is CC(C)CC(NC(=O)O)C(=O)Nc1cn(C(C)(C)CO)cn1. The number of hydrogen-bond acceptors (Lipinski definition) is 4. The van der Waals surface area contributed by atoms with Crippen LogP contribution in [0, 0.1) is 5.92 Å². The minimum absolute atomic E-state index is 0.0761. The molecule has 2 amide bonds. The van der Waals surface area contributed by atoms with Crippen molar-refractivity contribution in [3.8, 4) is 0 Å². The number of carbonyl (C=O) groups is 2. The monoisotopic (exact) mass is 312 g/mol. The Hall–Kier alpha value is -2.09. The van der Waals surface area contributed by atoms with Crippen LogP contribution in [0.3, 0.4) is 0 Å². The van der Waals surface area contributed by atoms with Crippen LogP contribution in [-0.2, 0) is 10.3 Å². The fourth-order valence-corrected chi connectivity index (χ4v) is 1.87. The van der Waals surface area contributed by atoms with Crippen molar-refractivity contribution in [1.82, 2.24) is 14.9 Å². The number of aliphatic hydroxyl groups is 1. The number of aromatic nitrogens is 2. The molecule has 1 aromatic heterocycles. The zero-order valence-corrected chi connectivity index (χ0v) is 13.3. The van der Waals surface area contributed by atoms with Crippen molar-refractivity contribution in [2.75, 3.05) is 11.9 Å². The van der Waals surface area contributed by atoms with Gasteiger partial charge in [0.1, 0.15) is 6.04 Å². The molecule has 8 heteroatoms. The third-order valence-corrected chi connectivity index (χ3v) is 3.24. The molecule has 1 atom stereocenters. The Morgan fingerprint density at radius 2 is 2.05 bits per heavy atom. The van der Waals surface area contributed by atoms with Gasteiger partial charge in [0, 0.05) is 6.20 Å². The maximum Gasteiger partial charge on any atom is 0.405 e. The van der Waals surface area contributed by atoms with E-state index in [1.54, 1.807) is 10.8 Å². The number of hydrogen-bond donors (Lipinski definition) is 4. The van der Waals surface area contributed by atoms with Crippen molar-refractivity contribution >= 4 is 17.8 Å². The van der Waals surface area contributed by atoms with E-state index in [2.05, 4.69) is 15.6 Å². The Morgan fingerprint density at radius 1 is 1.41 bits per heavy atom. The van der Waals surface area contributed by atoms with E-state index in [4.69, 9.17) is 5.11 Å². The van der Waals surface area contributed by atoms with Crippen LogP contribution in [-0.4, -0.2) is 44.4 Å². The smallest absolute Gasteiger partial charge is 0.405 e. The number of amides is 2. The fraction of sp³-hybridized carbons (Fsp3) is 0.643. The topological polar surface area (TPSA) is 116 Å².